The summed E-state index contributed by atoms with van der Waals surface area (Å²) in [6.45, 7) is 8.92. The summed E-state index contributed by atoms with van der Waals surface area (Å²) in [6.07, 6.45) is -0.404. The van der Waals surface area contributed by atoms with Crippen molar-refractivity contribution in [2.24, 2.45) is 0 Å². The minimum Gasteiger partial charge on any atom is -0.387 e. The summed E-state index contributed by atoms with van der Waals surface area (Å²) in [5.41, 5.74) is 4.78. The minimum absolute atomic E-state index is 0.404. The van der Waals surface area contributed by atoms with Crippen LogP contribution in [0.15, 0.2) is 48.5 Å². The molecule has 1 aliphatic rings. The van der Waals surface area contributed by atoms with Gasteiger partial charge in [0.15, 0.2) is 0 Å². The molecule has 2 aromatic carbocycles. The Hall–Kier alpha value is -1.84. The molecule has 3 rings (SSSR count). The Morgan fingerprint density at radius 3 is 2.30 bits per heavy atom. The van der Waals surface area contributed by atoms with Crippen LogP contribution in [0.5, 0.6) is 0 Å². The Kier molecular flexibility index (Phi) is 4.99. The van der Waals surface area contributed by atoms with Crippen molar-refractivity contribution >= 4 is 5.69 Å². The third-order valence-electron chi connectivity index (χ3n) is 4.71. The number of para-hydroxylation sites is 1. The van der Waals surface area contributed by atoms with E-state index in [4.69, 9.17) is 0 Å². The van der Waals surface area contributed by atoms with E-state index in [0.29, 0.717) is 6.54 Å². The number of hydrogen-bond donors (Lipinski definition) is 1. The van der Waals surface area contributed by atoms with Crippen molar-refractivity contribution in [3.63, 3.8) is 0 Å². The van der Waals surface area contributed by atoms with Crippen LogP contribution in [0.3, 0.4) is 0 Å². The summed E-state index contributed by atoms with van der Waals surface area (Å²) in [6, 6.07) is 16.9. The Balaban J connectivity index is 1.56. The Morgan fingerprint density at radius 2 is 1.65 bits per heavy atom. The maximum atomic E-state index is 10.6. The van der Waals surface area contributed by atoms with Gasteiger partial charge >= 0.3 is 0 Å². The Labute approximate surface area is 139 Å². The quantitative estimate of drug-likeness (QED) is 0.940. The van der Waals surface area contributed by atoms with Gasteiger partial charge in [0.25, 0.3) is 0 Å². The number of aliphatic hydroxyl groups is 1. The zero-order valence-electron chi connectivity index (χ0n) is 14.1. The van der Waals surface area contributed by atoms with Gasteiger partial charge in [0, 0.05) is 38.4 Å². The monoisotopic (exact) mass is 310 g/mol. The van der Waals surface area contributed by atoms with E-state index in [9.17, 15) is 5.11 Å². The summed E-state index contributed by atoms with van der Waals surface area (Å²) >= 11 is 0. The molecule has 1 atom stereocenters. The molecule has 1 N–H and O–H groups in total. The second-order valence-corrected chi connectivity index (χ2v) is 6.50. The second-order valence-electron chi connectivity index (χ2n) is 6.50. The van der Waals surface area contributed by atoms with Gasteiger partial charge in [-0.15, -0.1) is 0 Å². The molecule has 1 aliphatic heterocycles. The van der Waals surface area contributed by atoms with Crippen molar-refractivity contribution < 1.29 is 5.11 Å². The fourth-order valence-corrected chi connectivity index (χ4v) is 3.37. The molecule has 0 spiro atoms. The fourth-order valence-electron chi connectivity index (χ4n) is 3.37. The number of piperazine rings is 1. The number of β-amino-alcohol motifs (C(OH)–C–C–N with tert-alkyl or cyclic N) is 1. The van der Waals surface area contributed by atoms with E-state index in [2.05, 4.69) is 72.2 Å². The highest BCUT2D eigenvalue weighted by Gasteiger charge is 2.20. The SMILES string of the molecule is Cc1ccc([C@@H](O)CN2CCN(c3ccccc3)CC2)c(C)c1. The summed E-state index contributed by atoms with van der Waals surface area (Å²) < 4.78 is 0. The number of aliphatic hydroxyl groups excluding tert-OH is 1. The van der Waals surface area contributed by atoms with Gasteiger partial charge in [-0.05, 0) is 37.1 Å². The number of nitrogens with zero attached hydrogens (tertiary/aromatic N) is 2. The van der Waals surface area contributed by atoms with Crippen molar-refractivity contribution in [2.75, 3.05) is 37.6 Å². The lowest BCUT2D eigenvalue weighted by Gasteiger charge is -2.37. The molecule has 3 nitrogen and oxygen atoms in total. The minimum atomic E-state index is -0.404. The number of rotatable bonds is 4. The summed E-state index contributed by atoms with van der Waals surface area (Å²) in [5, 5.41) is 10.6. The molecular weight excluding hydrogens is 284 g/mol. The first-order valence-corrected chi connectivity index (χ1v) is 8.41. The van der Waals surface area contributed by atoms with Gasteiger partial charge in [0.05, 0.1) is 6.10 Å². The zero-order chi connectivity index (χ0) is 16.2. The van der Waals surface area contributed by atoms with Crippen molar-refractivity contribution in [1.82, 2.24) is 4.90 Å². The average molecular weight is 310 g/mol. The highest BCUT2D eigenvalue weighted by molar-refractivity contribution is 5.46. The Bertz CT molecular complexity index is 633. The smallest absolute Gasteiger partial charge is 0.0919 e. The lowest BCUT2D eigenvalue weighted by Crippen LogP contribution is -2.47. The number of anilines is 1. The van der Waals surface area contributed by atoms with E-state index < -0.39 is 6.10 Å². The molecule has 0 aromatic heterocycles. The maximum absolute atomic E-state index is 10.6. The lowest BCUT2D eigenvalue weighted by atomic mass is 10.0. The van der Waals surface area contributed by atoms with Crippen LogP contribution in [0.1, 0.15) is 22.8 Å². The van der Waals surface area contributed by atoms with Crippen LogP contribution in [0.4, 0.5) is 5.69 Å². The van der Waals surface area contributed by atoms with E-state index in [1.54, 1.807) is 0 Å². The van der Waals surface area contributed by atoms with E-state index in [1.165, 1.54) is 16.8 Å². The molecule has 1 heterocycles. The number of aryl methyl sites for hydroxylation is 2. The molecule has 0 radical (unpaired) electrons. The van der Waals surface area contributed by atoms with Gasteiger partial charge in [-0.25, -0.2) is 0 Å². The van der Waals surface area contributed by atoms with Crippen molar-refractivity contribution in [1.29, 1.82) is 0 Å². The molecule has 122 valence electrons. The molecule has 0 amide bonds. The maximum Gasteiger partial charge on any atom is 0.0919 e. The summed E-state index contributed by atoms with van der Waals surface area (Å²) in [5.74, 6) is 0. The van der Waals surface area contributed by atoms with Crippen LogP contribution >= 0.6 is 0 Å². The molecule has 1 saturated heterocycles. The fraction of sp³-hybridized carbons (Fsp3) is 0.400. The van der Waals surface area contributed by atoms with Gasteiger partial charge in [0.2, 0.25) is 0 Å². The highest BCUT2D eigenvalue weighted by atomic mass is 16.3. The third-order valence-corrected chi connectivity index (χ3v) is 4.71. The van der Waals surface area contributed by atoms with Crippen LogP contribution < -0.4 is 4.90 Å². The van der Waals surface area contributed by atoms with Crippen LogP contribution in [0.25, 0.3) is 0 Å². The predicted molar refractivity (Wildman–Crippen MR) is 96.0 cm³/mol. The first-order valence-electron chi connectivity index (χ1n) is 8.41. The van der Waals surface area contributed by atoms with Gasteiger partial charge in [-0.2, -0.15) is 0 Å². The van der Waals surface area contributed by atoms with Crippen LogP contribution in [0.2, 0.25) is 0 Å². The van der Waals surface area contributed by atoms with E-state index >= 15 is 0 Å². The van der Waals surface area contributed by atoms with Crippen LogP contribution in [-0.2, 0) is 0 Å². The van der Waals surface area contributed by atoms with Crippen LogP contribution in [0, 0.1) is 13.8 Å². The highest BCUT2D eigenvalue weighted by Crippen LogP contribution is 2.21. The van der Waals surface area contributed by atoms with Crippen molar-refractivity contribution in [2.45, 2.75) is 20.0 Å². The van der Waals surface area contributed by atoms with Gasteiger partial charge in [0.1, 0.15) is 0 Å². The van der Waals surface area contributed by atoms with Crippen LogP contribution in [-0.4, -0.2) is 42.7 Å². The Morgan fingerprint density at radius 1 is 0.957 bits per heavy atom. The largest absolute Gasteiger partial charge is 0.387 e. The topological polar surface area (TPSA) is 26.7 Å². The van der Waals surface area contributed by atoms with Gasteiger partial charge in [-0.1, -0.05) is 42.0 Å². The second kappa shape index (κ2) is 7.16. The first kappa shape index (κ1) is 16.0. The third kappa shape index (κ3) is 3.92. The molecule has 0 unspecified atom stereocenters. The standard InChI is InChI=1S/C20H26N2O/c1-16-8-9-19(17(2)14-16)20(23)15-21-10-12-22(13-11-21)18-6-4-3-5-7-18/h3-9,14,20,23H,10-13,15H2,1-2H3/t20-/m0/s1. The zero-order valence-corrected chi connectivity index (χ0v) is 14.1. The van der Waals surface area contributed by atoms with E-state index in [1.807, 2.05) is 0 Å². The molecule has 1 fully saturated rings. The number of hydrogen-bond acceptors (Lipinski definition) is 3. The van der Waals surface area contributed by atoms with E-state index in [-0.39, 0.29) is 0 Å². The normalized spacial score (nSPS) is 17.3. The molecule has 23 heavy (non-hydrogen) atoms. The molecule has 2 aromatic rings. The van der Waals surface area contributed by atoms with Crippen molar-refractivity contribution in [3.05, 3.63) is 65.2 Å². The van der Waals surface area contributed by atoms with Gasteiger partial charge < -0.3 is 10.0 Å². The molecule has 3 heteroatoms. The molecule has 0 aliphatic carbocycles. The molecule has 0 bridgehead atoms. The summed E-state index contributed by atoms with van der Waals surface area (Å²) in [4.78, 5) is 4.78. The predicted octanol–water partition coefficient (Wildman–Crippen LogP) is 3.16. The van der Waals surface area contributed by atoms with E-state index in [0.717, 1.165) is 31.7 Å². The first-order chi connectivity index (χ1) is 11.1. The average Bonchev–Trinajstić information content (AvgIpc) is 2.56. The summed E-state index contributed by atoms with van der Waals surface area (Å²) in [7, 11) is 0. The molecular formula is C20H26N2O. The number of benzene rings is 2. The van der Waals surface area contributed by atoms with Gasteiger partial charge in [-0.3, -0.25) is 4.90 Å². The lowest BCUT2D eigenvalue weighted by molar-refractivity contribution is 0.109. The van der Waals surface area contributed by atoms with Crippen molar-refractivity contribution in [3.8, 4) is 0 Å². The molecule has 0 saturated carbocycles.